The van der Waals surface area contributed by atoms with Crippen molar-refractivity contribution < 1.29 is 17.9 Å². The highest BCUT2D eigenvalue weighted by Crippen LogP contribution is 2.27. The lowest BCUT2D eigenvalue weighted by atomic mass is 10.2. The van der Waals surface area contributed by atoms with E-state index < -0.39 is 10.0 Å². The number of hydrogen-bond donors (Lipinski definition) is 1. The minimum absolute atomic E-state index is 0.142. The molecular formula is C20H26N2O4S2. The number of nitrogens with zero attached hydrogens (tertiary/aromatic N) is 1. The first-order chi connectivity index (χ1) is 13.4. The van der Waals surface area contributed by atoms with E-state index in [0.717, 1.165) is 29.9 Å². The van der Waals surface area contributed by atoms with Crippen LogP contribution in [0.15, 0.2) is 40.6 Å². The summed E-state index contributed by atoms with van der Waals surface area (Å²) in [5, 5.41) is 2.81. The number of carbonyl (C=O) groups is 1. The van der Waals surface area contributed by atoms with Gasteiger partial charge in [-0.2, -0.15) is 4.31 Å². The van der Waals surface area contributed by atoms with Crippen molar-refractivity contribution in [3.63, 3.8) is 0 Å². The summed E-state index contributed by atoms with van der Waals surface area (Å²) in [7, 11) is -3.43. The lowest BCUT2D eigenvalue weighted by Crippen LogP contribution is -2.35. The fraction of sp³-hybridized carbons (Fsp3) is 0.450. The summed E-state index contributed by atoms with van der Waals surface area (Å²) in [4.78, 5) is 12.9. The minimum Gasteiger partial charge on any atom is -0.492 e. The molecule has 1 amide bonds. The number of ether oxygens (including phenoxy) is 1. The van der Waals surface area contributed by atoms with Crippen molar-refractivity contribution in [3.8, 4) is 5.75 Å². The van der Waals surface area contributed by atoms with Crippen LogP contribution >= 0.6 is 11.3 Å². The molecule has 2 heterocycles. The van der Waals surface area contributed by atoms with Gasteiger partial charge in [0.15, 0.2) is 0 Å². The second-order valence-corrected chi connectivity index (χ2v) is 10.2. The average Bonchev–Trinajstić information content (AvgIpc) is 3.16. The first-order valence-corrected chi connectivity index (χ1v) is 11.8. The summed E-state index contributed by atoms with van der Waals surface area (Å²) < 4.78 is 32.8. The Hall–Kier alpha value is -1.90. The molecule has 1 fully saturated rings. The number of amides is 1. The smallest absolute Gasteiger partial charge is 0.252 e. The summed E-state index contributed by atoms with van der Waals surface area (Å²) in [6.45, 7) is 3.96. The van der Waals surface area contributed by atoms with Crippen molar-refractivity contribution >= 4 is 27.3 Å². The summed E-state index contributed by atoms with van der Waals surface area (Å²) in [6, 6.07) is 11.1. The SMILES string of the molecule is Cc1ccc(OCCNC(=O)Cc2ccc(S(=O)(=O)N3CCCCC3)s2)cc1. The van der Waals surface area contributed by atoms with Crippen molar-refractivity contribution in [1.82, 2.24) is 9.62 Å². The van der Waals surface area contributed by atoms with E-state index >= 15 is 0 Å². The van der Waals surface area contributed by atoms with E-state index in [0.29, 0.717) is 30.5 Å². The molecule has 0 aliphatic carbocycles. The van der Waals surface area contributed by atoms with Gasteiger partial charge in [-0.05, 0) is 44.0 Å². The largest absolute Gasteiger partial charge is 0.492 e. The Bertz CT molecular complexity index is 885. The van der Waals surface area contributed by atoms with E-state index in [-0.39, 0.29) is 12.3 Å². The summed E-state index contributed by atoms with van der Waals surface area (Å²) in [5.41, 5.74) is 1.17. The van der Waals surface area contributed by atoms with E-state index in [4.69, 9.17) is 4.74 Å². The maximum Gasteiger partial charge on any atom is 0.252 e. The van der Waals surface area contributed by atoms with Gasteiger partial charge in [-0.25, -0.2) is 8.42 Å². The van der Waals surface area contributed by atoms with Gasteiger partial charge >= 0.3 is 0 Å². The van der Waals surface area contributed by atoms with Gasteiger partial charge in [-0.1, -0.05) is 24.1 Å². The van der Waals surface area contributed by atoms with Gasteiger partial charge in [0.2, 0.25) is 5.91 Å². The van der Waals surface area contributed by atoms with Crippen LogP contribution in [0, 0.1) is 6.92 Å². The second kappa shape index (κ2) is 9.54. The van der Waals surface area contributed by atoms with Crippen molar-refractivity contribution in [2.24, 2.45) is 0 Å². The van der Waals surface area contributed by atoms with Crippen molar-refractivity contribution in [1.29, 1.82) is 0 Å². The summed E-state index contributed by atoms with van der Waals surface area (Å²) >= 11 is 1.18. The fourth-order valence-corrected chi connectivity index (χ4v) is 6.06. The molecule has 1 aromatic heterocycles. The Kier molecular flexibility index (Phi) is 7.09. The van der Waals surface area contributed by atoms with Crippen LogP contribution in [0.1, 0.15) is 29.7 Å². The number of nitrogens with one attached hydrogen (secondary N) is 1. The number of hydrogen-bond acceptors (Lipinski definition) is 5. The van der Waals surface area contributed by atoms with E-state index in [1.165, 1.54) is 16.9 Å². The number of thiophene rings is 1. The second-order valence-electron chi connectivity index (χ2n) is 6.87. The Morgan fingerprint density at radius 2 is 1.82 bits per heavy atom. The van der Waals surface area contributed by atoms with Gasteiger partial charge < -0.3 is 10.1 Å². The van der Waals surface area contributed by atoms with Crippen LogP contribution in [-0.2, 0) is 21.2 Å². The van der Waals surface area contributed by atoms with Gasteiger partial charge in [-0.3, -0.25) is 4.79 Å². The molecule has 152 valence electrons. The third-order valence-corrected chi connectivity index (χ3v) is 8.05. The molecule has 3 rings (SSSR count). The molecule has 0 saturated carbocycles. The normalized spacial score (nSPS) is 15.3. The standard InChI is InChI=1S/C20H26N2O4S2/c1-16-5-7-17(8-6-16)26-14-11-21-19(23)15-18-9-10-20(27-18)28(24,25)22-12-3-2-4-13-22/h5-10H,2-4,11-15H2,1H3,(H,21,23). The zero-order chi connectivity index (χ0) is 20.0. The quantitative estimate of drug-likeness (QED) is 0.664. The Labute approximate surface area is 170 Å². The van der Waals surface area contributed by atoms with Crippen LogP contribution in [-0.4, -0.2) is 44.9 Å². The first kappa shape index (κ1) is 20.8. The van der Waals surface area contributed by atoms with Crippen LogP contribution in [0.2, 0.25) is 0 Å². The predicted molar refractivity (Wildman–Crippen MR) is 110 cm³/mol. The molecule has 1 saturated heterocycles. The molecule has 1 aliphatic rings. The molecule has 0 atom stereocenters. The Morgan fingerprint density at radius 3 is 2.54 bits per heavy atom. The van der Waals surface area contributed by atoms with E-state index in [2.05, 4.69) is 5.32 Å². The molecule has 0 radical (unpaired) electrons. The minimum atomic E-state index is -3.43. The average molecular weight is 423 g/mol. The molecule has 0 spiro atoms. The number of piperidine rings is 1. The van der Waals surface area contributed by atoms with Gasteiger partial charge in [-0.15, -0.1) is 11.3 Å². The molecule has 0 bridgehead atoms. The van der Waals surface area contributed by atoms with E-state index in [9.17, 15) is 13.2 Å². The number of rotatable bonds is 8. The van der Waals surface area contributed by atoms with Crippen molar-refractivity contribution in [2.45, 2.75) is 36.8 Å². The Morgan fingerprint density at radius 1 is 1.11 bits per heavy atom. The van der Waals surface area contributed by atoms with Crippen LogP contribution in [0.3, 0.4) is 0 Å². The molecule has 1 N–H and O–H groups in total. The third kappa shape index (κ3) is 5.56. The topological polar surface area (TPSA) is 75.7 Å². The maximum absolute atomic E-state index is 12.7. The van der Waals surface area contributed by atoms with Crippen LogP contribution in [0.4, 0.5) is 0 Å². The zero-order valence-corrected chi connectivity index (χ0v) is 17.7. The molecule has 6 nitrogen and oxygen atoms in total. The number of aryl methyl sites for hydroxylation is 1. The first-order valence-electron chi connectivity index (χ1n) is 9.50. The Balaban J connectivity index is 1.45. The molecule has 2 aromatic rings. The molecule has 8 heteroatoms. The predicted octanol–water partition coefficient (Wildman–Crippen LogP) is 2.97. The lowest BCUT2D eigenvalue weighted by Gasteiger charge is -2.25. The third-order valence-electron chi connectivity index (χ3n) is 4.59. The lowest BCUT2D eigenvalue weighted by molar-refractivity contribution is -0.120. The van der Waals surface area contributed by atoms with Crippen molar-refractivity contribution in [3.05, 3.63) is 46.8 Å². The molecule has 1 aliphatic heterocycles. The van der Waals surface area contributed by atoms with Crippen LogP contribution in [0.25, 0.3) is 0 Å². The number of carbonyl (C=O) groups excluding carboxylic acids is 1. The van der Waals surface area contributed by atoms with Crippen LogP contribution < -0.4 is 10.1 Å². The molecule has 0 unspecified atom stereocenters. The number of sulfonamides is 1. The van der Waals surface area contributed by atoms with Gasteiger partial charge in [0.25, 0.3) is 10.0 Å². The van der Waals surface area contributed by atoms with E-state index in [1.807, 2.05) is 31.2 Å². The highest BCUT2D eigenvalue weighted by Gasteiger charge is 2.27. The fourth-order valence-electron chi connectivity index (χ4n) is 3.04. The summed E-state index contributed by atoms with van der Waals surface area (Å²) in [6.07, 6.45) is 3.06. The molecule has 1 aromatic carbocycles. The van der Waals surface area contributed by atoms with Crippen LogP contribution in [0.5, 0.6) is 5.75 Å². The zero-order valence-electron chi connectivity index (χ0n) is 16.0. The molecule has 28 heavy (non-hydrogen) atoms. The molecular weight excluding hydrogens is 396 g/mol. The highest BCUT2D eigenvalue weighted by molar-refractivity contribution is 7.91. The van der Waals surface area contributed by atoms with Crippen molar-refractivity contribution in [2.75, 3.05) is 26.2 Å². The van der Waals surface area contributed by atoms with Gasteiger partial charge in [0.1, 0.15) is 16.6 Å². The van der Waals surface area contributed by atoms with Gasteiger partial charge in [0, 0.05) is 18.0 Å². The number of benzene rings is 1. The summed E-state index contributed by atoms with van der Waals surface area (Å²) in [5.74, 6) is 0.627. The highest BCUT2D eigenvalue weighted by atomic mass is 32.2. The maximum atomic E-state index is 12.7. The monoisotopic (exact) mass is 422 g/mol. The van der Waals surface area contributed by atoms with Gasteiger partial charge in [0.05, 0.1) is 13.0 Å². The van der Waals surface area contributed by atoms with E-state index in [1.54, 1.807) is 16.4 Å².